The molecule has 128 valence electrons. The predicted octanol–water partition coefficient (Wildman–Crippen LogP) is 5.57. The zero-order valence-corrected chi connectivity index (χ0v) is 15.0. The maximum absolute atomic E-state index is 4.94. The average Bonchev–Trinajstić information content (AvgIpc) is 2.68. The van der Waals surface area contributed by atoms with Crippen molar-refractivity contribution in [2.75, 3.05) is 18.0 Å². The number of hydrogen-bond acceptors (Lipinski definition) is 2. The third kappa shape index (κ3) is 3.39. The van der Waals surface area contributed by atoms with Crippen molar-refractivity contribution in [3.05, 3.63) is 72.1 Å². The summed E-state index contributed by atoms with van der Waals surface area (Å²) in [5, 5.41) is 2.67. The summed E-state index contributed by atoms with van der Waals surface area (Å²) in [6.45, 7) is 4.61. The standard InChI is InChI=1S/C23H26N2/c1-18(16-19-10-4-2-5-11-19)23-21-13-7-6-12-20(21)22(17-24-23)25-14-8-3-9-15-25/h2,4-7,10-13,17-18H,3,8-9,14-16H2,1H3. The number of rotatable bonds is 4. The maximum atomic E-state index is 4.94. The molecule has 0 saturated carbocycles. The van der Waals surface area contributed by atoms with Crippen LogP contribution in [0.3, 0.4) is 0 Å². The SMILES string of the molecule is CC(Cc1ccccc1)c1ncc(N2CCCCC2)c2ccccc12. The summed E-state index contributed by atoms with van der Waals surface area (Å²) in [6.07, 6.45) is 7.08. The zero-order valence-electron chi connectivity index (χ0n) is 15.0. The van der Waals surface area contributed by atoms with E-state index in [4.69, 9.17) is 4.98 Å². The molecule has 2 aromatic carbocycles. The lowest BCUT2D eigenvalue weighted by atomic mass is 9.93. The fourth-order valence-electron chi connectivity index (χ4n) is 4.04. The minimum atomic E-state index is 0.405. The van der Waals surface area contributed by atoms with Gasteiger partial charge in [-0.2, -0.15) is 0 Å². The first-order valence-corrected chi connectivity index (χ1v) is 9.49. The van der Waals surface area contributed by atoms with Crippen LogP contribution in [-0.4, -0.2) is 18.1 Å². The Morgan fingerprint density at radius 2 is 1.56 bits per heavy atom. The Kier molecular flexibility index (Phi) is 4.69. The molecule has 2 nitrogen and oxygen atoms in total. The lowest BCUT2D eigenvalue weighted by molar-refractivity contribution is 0.578. The van der Waals surface area contributed by atoms with E-state index in [1.807, 2.05) is 0 Å². The van der Waals surface area contributed by atoms with Crippen molar-refractivity contribution in [2.45, 2.75) is 38.5 Å². The summed E-state index contributed by atoms with van der Waals surface area (Å²) in [6, 6.07) is 19.5. The molecule has 0 aliphatic carbocycles. The highest BCUT2D eigenvalue weighted by molar-refractivity contribution is 5.95. The fourth-order valence-corrected chi connectivity index (χ4v) is 4.04. The Morgan fingerprint density at radius 3 is 2.32 bits per heavy atom. The number of anilines is 1. The largest absolute Gasteiger partial charge is 0.370 e. The van der Waals surface area contributed by atoms with E-state index in [0.717, 1.165) is 19.5 Å². The molecular formula is C23H26N2. The minimum absolute atomic E-state index is 0.405. The van der Waals surface area contributed by atoms with Crippen LogP contribution in [-0.2, 0) is 6.42 Å². The van der Waals surface area contributed by atoms with Crippen LogP contribution >= 0.6 is 0 Å². The van der Waals surface area contributed by atoms with Gasteiger partial charge in [0.1, 0.15) is 0 Å². The van der Waals surface area contributed by atoms with Crippen molar-refractivity contribution in [1.29, 1.82) is 0 Å². The van der Waals surface area contributed by atoms with Gasteiger partial charge in [-0.3, -0.25) is 4.98 Å². The summed E-state index contributed by atoms with van der Waals surface area (Å²) in [7, 11) is 0. The van der Waals surface area contributed by atoms with Crippen molar-refractivity contribution in [2.24, 2.45) is 0 Å². The summed E-state index contributed by atoms with van der Waals surface area (Å²) in [5.74, 6) is 0.405. The van der Waals surface area contributed by atoms with Crippen LogP contribution in [0.1, 0.15) is 43.4 Å². The lowest BCUT2D eigenvalue weighted by Crippen LogP contribution is -2.29. The number of hydrogen-bond donors (Lipinski definition) is 0. The van der Waals surface area contributed by atoms with E-state index in [9.17, 15) is 0 Å². The van der Waals surface area contributed by atoms with Gasteiger partial charge >= 0.3 is 0 Å². The van der Waals surface area contributed by atoms with Crippen LogP contribution in [0.15, 0.2) is 60.8 Å². The fraction of sp³-hybridized carbons (Fsp3) is 0.348. The number of nitrogens with zero attached hydrogens (tertiary/aromatic N) is 2. The van der Waals surface area contributed by atoms with Gasteiger partial charge in [-0.15, -0.1) is 0 Å². The molecule has 0 spiro atoms. The van der Waals surface area contributed by atoms with Crippen molar-refractivity contribution in [1.82, 2.24) is 4.98 Å². The van der Waals surface area contributed by atoms with Crippen molar-refractivity contribution in [3.63, 3.8) is 0 Å². The average molecular weight is 330 g/mol. The number of piperidine rings is 1. The molecule has 0 bridgehead atoms. The summed E-state index contributed by atoms with van der Waals surface area (Å²) < 4.78 is 0. The van der Waals surface area contributed by atoms with E-state index in [-0.39, 0.29) is 0 Å². The zero-order chi connectivity index (χ0) is 17.1. The lowest BCUT2D eigenvalue weighted by Gasteiger charge is -2.30. The van der Waals surface area contributed by atoms with Gasteiger partial charge in [0.25, 0.3) is 0 Å². The Labute approximate surface area is 150 Å². The third-order valence-electron chi connectivity index (χ3n) is 5.35. The first-order valence-electron chi connectivity index (χ1n) is 9.49. The van der Waals surface area contributed by atoms with Crippen LogP contribution in [0.25, 0.3) is 10.8 Å². The molecule has 1 atom stereocenters. The normalized spacial score (nSPS) is 16.1. The minimum Gasteiger partial charge on any atom is -0.370 e. The predicted molar refractivity (Wildman–Crippen MR) is 106 cm³/mol. The van der Waals surface area contributed by atoms with Gasteiger partial charge in [0.2, 0.25) is 0 Å². The van der Waals surface area contributed by atoms with Gasteiger partial charge in [0, 0.05) is 29.8 Å². The molecule has 0 N–H and O–H groups in total. The highest BCUT2D eigenvalue weighted by Crippen LogP contribution is 2.33. The van der Waals surface area contributed by atoms with Crippen molar-refractivity contribution >= 4 is 16.5 Å². The van der Waals surface area contributed by atoms with Crippen molar-refractivity contribution in [3.8, 4) is 0 Å². The van der Waals surface area contributed by atoms with Gasteiger partial charge in [0.05, 0.1) is 17.6 Å². The molecule has 1 aliphatic rings. The molecule has 0 radical (unpaired) electrons. The molecule has 2 heteroatoms. The highest BCUT2D eigenvalue weighted by Gasteiger charge is 2.18. The summed E-state index contributed by atoms with van der Waals surface area (Å²) >= 11 is 0. The molecule has 3 aromatic rings. The van der Waals surface area contributed by atoms with Gasteiger partial charge < -0.3 is 4.90 Å². The van der Waals surface area contributed by atoms with Crippen LogP contribution < -0.4 is 4.90 Å². The topological polar surface area (TPSA) is 16.1 Å². The van der Waals surface area contributed by atoms with Crippen LogP contribution in [0.4, 0.5) is 5.69 Å². The van der Waals surface area contributed by atoms with E-state index >= 15 is 0 Å². The Bertz CT molecular complexity index is 835. The number of aromatic nitrogens is 1. The smallest absolute Gasteiger partial charge is 0.0632 e. The monoisotopic (exact) mass is 330 g/mol. The second-order valence-electron chi connectivity index (χ2n) is 7.21. The second kappa shape index (κ2) is 7.26. The first kappa shape index (κ1) is 16.1. The summed E-state index contributed by atoms with van der Waals surface area (Å²) in [4.78, 5) is 7.45. The maximum Gasteiger partial charge on any atom is 0.0632 e. The van der Waals surface area contributed by atoms with Gasteiger partial charge in [-0.05, 0) is 31.2 Å². The van der Waals surface area contributed by atoms with Crippen LogP contribution in [0.5, 0.6) is 0 Å². The third-order valence-corrected chi connectivity index (χ3v) is 5.35. The molecule has 1 aromatic heterocycles. The van der Waals surface area contributed by atoms with Crippen LogP contribution in [0.2, 0.25) is 0 Å². The highest BCUT2D eigenvalue weighted by atomic mass is 15.1. The second-order valence-corrected chi connectivity index (χ2v) is 7.21. The molecule has 4 rings (SSSR count). The van der Waals surface area contributed by atoms with Gasteiger partial charge in [-0.25, -0.2) is 0 Å². The van der Waals surface area contributed by atoms with E-state index in [0.29, 0.717) is 5.92 Å². The van der Waals surface area contributed by atoms with Crippen LogP contribution in [0, 0.1) is 0 Å². The summed E-state index contributed by atoms with van der Waals surface area (Å²) in [5.41, 5.74) is 3.91. The van der Waals surface area contributed by atoms with Gasteiger partial charge in [-0.1, -0.05) is 61.5 Å². The van der Waals surface area contributed by atoms with E-state index in [1.54, 1.807) is 0 Å². The molecular weight excluding hydrogens is 304 g/mol. The van der Waals surface area contributed by atoms with Crippen molar-refractivity contribution < 1.29 is 0 Å². The molecule has 1 unspecified atom stereocenters. The number of benzene rings is 2. The Morgan fingerprint density at radius 1 is 0.880 bits per heavy atom. The van der Waals surface area contributed by atoms with E-state index in [1.165, 1.54) is 47.0 Å². The molecule has 2 heterocycles. The molecule has 1 fully saturated rings. The van der Waals surface area contributed by atoms with E-state index in [2.05, 4.69) is 72.6 Å². The Balaban J connectivity index is 1.70. The first-order chi connectivity index (χ1) is 12.3. The number of pyridine rings is 1. The molecule has 25 heavy (non-hydrogen) atoms. The molecule has 1 aliphatic heterocycles. The van der Waals surface area contributed by atoms with Gasteiger partial charge in [0.15, 0.2) is 0 Å². The quantitative estimate of drug-likeness (QED) is 0.621. The number of fused-ring (bicyclic) bond motifs is 1. The molecule has 0 amide bonds. The molecule has 1 saturated heterocycles. The van der Waals surface area contributed by atoms with E-state index < -0.39 is 0 Å². The Hall–Kier alpha value is -2.35.